The van der Waals surface area contributed by atoms with Gasteiger partial charge in [0.2, 0.25) is 0 Å². The first-order valence-corrected chi connectivity index (χ1v) is 11.3. The predicted molar refractivity (Wildman–Crippen MR) is 109 cm³/mol. The maximum Gasteiger partial charge on any atom is 0.271 e. The largest absolute Gasteiger partial charge is 0.345 e. The second-order valence-electron chi connectivity index (χ2n) is 9.51. The molecule has 3 aliphatic carbocycles. The van der Waals surface area contributed by atoms with Crippen molar-refractivity contribution in [2.45, 2.75) is 57.2 Å². The highest BCUT2D eigenvalue weighted by molar-refractivity contribution is 7.09. The van der Waals surface area contributed by atoms with E-state index in [9.17, 15) is 9.59 Å². The number of nitrogens with zero attached hydrogens (tertiary/aromatic N) is 3. The number of pyridine rings is 1. The van der Waals surface area contributed by atoms with Gasteiger partial charge in [-0.1, -0.05) is 6.92 Å². The molecule has 0 saturated heterocycles. The molecule has 7 heteroatoms. The fraction of sp³-hybridized carbons (Fsp3) is 0.545. The summed E-state index contributed by atoms with van der Waals surface area (Å²) in [6, 6.07) is 3.73. The lowest BCUT2D eigenvalue weighted by atomic mass is 9.35. The van der Waals surface area contributed by atoms with Crippen LogP contribution in [0.1, 0.15) is 64.2 Å². The third-order valence-corrected chi connectivity index (χ3v) is 8.50. The molecule has 0 spiro atoms. The van der Waals surface area contributed by atoms with E-state index in [0.717, 1.165) is 41.9 Å². The smallest absolute Gasteiger partial charge is 0.271 e. The zero-order chi connectivity index (χ0) is 20.0. The van der Waals surface area contributed by atoms with Gasteiger partial charge in [0.1, 0.15) is 5.69 Å². The Kier molecular flexibility index (Phi) is 3.43. The highest BCUT2D eigenvalue weighted by Gasteiger charge is 2.75. The van der Waals surface area contributed by atoms with Crippen LogP contribution in [0.25, 0.3) is 0 Å². The van der Waals surface area contributed by atoms with Crippen molar-refractivity contribution in [2.75, 3.05) is 0 Å². The van der Waals surface area contributed by atoms with Gasteiger partial charge >= 0.3 is 0 Å². The van der Waals surface area contributed by atoms with Gasteiger partial charge in [0.05, 0.1) is 22.8 Å². The number of fused-ring (bicyclic) bond motifs is 1. The molecule has 29 heavy (non-hydrogen) atoms. The summed E-state index contributed by atoms with van der Waals surface area (Å²) in [4.78, 5) is 37.1. The Morgan fingerprint density at radius 1 is 1.31 bits per heavy atom. The number of hydrogen-bond acceptors (Lipinski definition) is 5. The zero-order valence-corrected chi connectivity index (χ0v) is 17.5. The average molecular weight is 409 g/mol. The number of hydrogen-bond donors (Lipinski definition) is 1. The van der Waals surface area contributed by atoms with Crippen LogP contribution in [0, 0.1) is 24.7 Å². The standard InChI is InChI=1S/C22H24N4O2S/c1-12-6-21(25-19(27)17-11-29-13(2)24-17)8-14-9-22(7-12,18(14)21)26-10-16-15(20(26)28)4-3-5-23-16/h3-5,11-12,14,18H,6-10H2,1-2H3,(H,25,27). The molecule has 6 rings (SSSR count). The molecule has 1 aliphatic heterocycles. The highest BCUT2D eigenvalue weighted by atomic mass is 32.1. The molecule has 0 aromatic carbocycles. The molecule has 4 aliphatic rings. The summed E-state index contributed by atoms with van der Waals surface area (Å²) >= 11 is 1.50. The highest BCUT2D eigenvalue weighted by Crippen LogP contribution is 2.71. The molecular weight excluding hydrogens is 384 g/mol. The van der Waals surface area contributed by atoms with Crippen molar-refractivity contribution in [3.63, 3.8) is 0 Å². The van der Waals surface area contributed by atoms with E-state index < -0.39 is 0 Å². The van der Waals surface area contributed by atoms with E-state index in [4.69, 9.17) is 0 Å². The summed E-state index contributed by atoms with van der Waals surface area (Å²) in [5.74, 6) is 1.44. The van der Waals surface area contributed by atoms with Crippen LogP contribution >= 0.6 is 11.3 Å². The quantitative estimate of drug-likeness (QED) is 0.846. The first-order chi connectivity index (χ1) is 13.9. The Labute approximate surface area is 173 Å². The van der Waals surface area contributed by atoms with Crippen LogP contribution in [0.5, 0.6) is 0 Å². The molecule has 3 saturated carbocycles. The van der Waals surface area contributed by atoms with E-state index in [1.807, 2.05) is 24.4 Å². The number of carbonyl (C=O) groups excluding carboxylic acids is 2. The first kappa shape index (κ1) is 17.6. The Morgan fingerprint density at radius 3 is 2.90 bits per heavy atom. The normalized spacial score (nSPS) is 36.7. The van der Waals surface area contributed by atoms with Crippen molar-refractivity contribution in [1.29, 1.82) is 0 Å². The maximum atomic E-state index is 13.2. The summed E-state index contributed by atoms with van der Waals surface area (Å²) in [5, 5.41) is 6.13. The lowest BCUT2D eigenvalue weighted by Gasteiger charge is -2.76. The molecule has 5 unspecified atom stereocenters. The molecule has 0 bridgehead atoms. The SMILES string of the molecule is Cc1nc(C(=O)NC23CC(C)CC4(N5Cc6ncccc6C5=O)CC(C2)C34)cs1. The van der Waals surface area contributed by atoms with E-state index >= 15 is 0 Å². The molecule has 1 N–H and O–H groups in total. The minimum atomic E-state index is -0.211. The zero-order valence-electron chi connectivity index (χ0n) is 16.6. The molecule has 3 heterocycles. The lowest BCUT2D eigenvalue weighted by Crippen LogP contribution is -2.84. The van der Waals surface area contributed by atoms with E-state index in [0.29, 0.717) is 30.0 Å². The van der Waals surface area contributed by atoms with Crippen molar-refractivity contribution in [3.8, 4) is 0 Å². The maximum absolute atomic E-state index is 13.2. The molecule has 0 radical (unpaired) electrons. The van der Waals surface area contributed by atoms with Crippen LogP contribution in [0.4, 0.5) is 0 Å². The molecule has 2 aromatic heterocycles. The third-order valence-electron chi connectivity index (χ3n) is 7.73. The summed E-state index contributed by atoms with van der Waals surface area (Å²) in [5.41, 5.74) is 1.79. The summed E-state index contributed by atoms with van der Waals surface area (Å²) in [6.45, 7) is 4.78. The van der Waals surface area contributed by atoms with E-state index in [1.54, 1.807) is 6.20 Å². The van der Waals surface area contributed by atoms with Crippen LogP contribution in [0.15, 0.2) is 23.7 Å². The van der Waals surface area contributed by atoms with Gasteiger partial charge in [-0.15, -0.1) is 11.3 Å². The molecule has 5 atom stereocenters. The Hall–Kier alpha value is -2.28. The van der Waals surface area contributed by atoms with Crippen molar-refractivity contribution in [1.82, 2.24) is 20.2 Å². The number of nitrogens with one attached hydrogen (secondary N) is 1. The van der Waals surface area contributed by atoms with Gasteiger partial charge in [-0.2, -0.15) is 0 Å². The second-order valence-corrected chi connectivity index (χ2v) is 10.6. The van der Waals surface area contributed by atoms with Crippen molar-refractivity contribution >= 4 is 23.2 Å². The number of thiazole rings is 1. The predicted octanol–water partition coefficient (Wildman–Crippen LogP) is 3.18. The van der Waals surface area contributed by atoms with Crippen molar-refractivity contribution in [2.24, 2.45) is 17.8 Å². The third kappa shape index (κ3) is 2.22. The second kappa shape index (κ2) is 5.65. The Morgan fingerprint density at radius 2 is 2.17 bits per heavy atom. The van der Waals surface area contributed by atoms with Gasteiger partial charge in [-0.25, -0.2) is 4.98 Å². The van der Waals surface area contributed by atoms with Crippen molar-refractivity contribution in [3.05, 3.63) is 45.7 Å². The van der Waals surface area contributed by atoms with Gasteiger partial charge in [-0.05, 0) is 56.6 Å². The van der Waals surface area contributed by atoms with Gasteiger partial charge in [0.15, 0.2) is 0 Å². The minimum Gasteiger partial charge on any atom is -0.345 e. The monoisotopic (exact) mass is 408 g/mol. The topological polar surface area (TPSA) is 75.2 Å². The summed E-state index contributed by atoms with van der Waals surface area (Å²) in [6.07, 6.45) is 5.84. The number of carbonyl (C=O) groups is 2. The fourth-order valence-electron chi connectivity index (χ4n) is 7.10. The van der Waals surface area contributed by atoms with Crippen LogP contribution in [0.2, 0.25) is 0 Å². The van der Waals surface area contributed by atoms with E-state index in [-0.39, 0.29) is 22.9 Å². The molecule has 2 amide bonds. The Bertz CT molecular complexity index is 1050. The van der Waals surface area contributed by atoms with Crippen LogP contribution in [-0.2, 0) is 6.54 Å². The number of rotatable bonds is 3. The number of amides is 2. The molecule has 3 fully saturated rings. The molecular formula is C22H24N4O2S. The van der Waals surface area contributed by atoms with E-state index in [1.165, 1.54) is 11.3 Å². The molecule has 2 aromatic rings. The molecule has 150 valence electrons. The van der Waals surface area contributed by atoms with Crippen LogP contribution < -0.4 is 5.32 Å². The first-order valence-electron chi connectivity index (χ1n) is 10.4. The van der Waals surface area contributed by atoms with Gasteiger partial charge in [0, 0.05) is 28.6 Å². The molecule has 6 nitrogen and oxygen atoms in total. The van der Waals surface area contributed by atoms with Crippen LogP contribution in [-0.4, -0.2) is 37.8 Å². The summed E-state index contributed by atoms with van der Waals surface area (Å²) < 4.78 is 0. The number of aromatic nitrogens is 2. The van der Waals surface area contributed by atoms with Gasteiger partial charge in [-0.3, -0.25) is 14.6 Å². The van der Waals surface area contributed by atoms with Gasteiger partial charge < -0.3 is 10.2 Å². The lowest BCUT2D eigenvalue weighted by molar-refractivity contribution is -0.227. The van der Waals surface area contributed by atoms with E-state index in [2.05, 4.69) is 27.1 Å². The average Bonchev–Trinajstić information content (AvgIpc) is 3.22. The van der Waals surface area contributed by atoms with Gasteiger partial charge in [0.25, 0.3) is 11.8 Å². The number of aryl methyl sites for hydroxylation is 1. The summed E-state index contributed by atoms with van der Waals surface area (Å²) in [7, 11) is 0. The van der Waals surface area contributed by atoms with Crippen molar-refractivity contribution < 1.29 is 9.59 Å². The Balaban J connectivity index is 1.32. The van der Waals surface area contributed by atoms with Crippen LogP contribution in [0.3, 0.4) is 0 Å². The fourth-order valence-corrected chi connectivity index (χ4v) is 7.69. The minimum absolute atomic E-state index is 0.0691.